The summed E-state index contributed by atoms with van der Waals surface area (Å²) in [5.41, 5.74) is 1.76. The maximum Gasteiger partial charge on any atom is 0.269 e. The first-order valence-electron chi connectivity index (χ1n) is 3.68. The Bertz CT molecular complexity index is 368. The van der Waals surface area contributed by atoms with Crippen molar-refractivity contribution in [2.75, 3.05) is 7.11 Å². The number of halogens is 1. The van der Waals surface area contributed by atoms with Gasteiger partial charge in [0.2, 0.25) is 5.82 Å². The zero-order valence-electron chi connectivity index (χ0n) is 7.37. The van der Waals surface area contributed by atoms with Gasteiger partial charge in [-0.05, 0) is 12.1 Å². The van der Waals surface area contributed by atoms with E-state index in [1.54, 1.807) is 0 Å². The van der Waals surface area contributed by atoms with Crippen molar-refractivity contribution in [3.63, 3.8) is 0 Å². The van der Waals surface area contributed by atoms with Crippen molar-refractivity contribution in [2.45, 2.75) is 0 Å². The lowest BCUT2D eigenvalue weighted by molar-refractivity contribution is 0.0949. The van der Waals surface area contributed by atoms with Crippen LogP contribution in [0.25, 0.3) is 0 Å². The average molecular weight is 200 g/mol. The normalized spacial score (nSPS) is 9.64. The third-order valence-electron chi connectivity index (χ3n) is 1.66. The second kappa shape index (κ2) is 3.93. The van der Waals surface area contributed by atoms with Crippen molar-refractivity contribution < 1.29 is 19.0 Å². The van der Waals surface area contributed by atoms with E-state index in [0.29, 0.717) is 0 Å². The molecule has 0 saturated heterocycles. The molecule has 6 heteroatoms. The van der Waals surface area contributed by atoms with Crippen molar-refractivity contribution in [1.82, 2.24) is 5.43 Å². The van der Waals surface area contributed by atoms with Gasteiger partial charge in [0.05, 0.1) is 12.7 Å². The third-order valence-corrected chi connectivity index (χ3v) is 1.66. The number of hydrogen-bond donors (Lipinski definition) is 3. The first-order valence-corrected chi connectivity index (χ1v) is 3.68. The van der Waals surface area contributed by atoms with Crippen LogP contribution in [0.5, 0.6) is 11.5 Å². The van der Waals surface area contributed by atoms with Gasteiger partial charge in [0.1, 0.15) is 0 Å². The Morgan fingerprint density at radius 3 is 2.79 bits per heavy atom. The lowest BCUT2D eigenvalue weighted by Gasteiger charge is -2.08. The number of nitrogens with two attached hydrogens (primary N) is 1. The number of aromatic hydroxyl groups is 1. The molecule has 0 aliphatic heterocycles. The van der Waals surface area contributed by atoms with Gasteiger partial charge < -0.3 is 9.84 Å². The summed E-state index contributed by atoms with van der Waals surface area (Å²) in [6.07, 6.45) is 0. The number of phenolic OH excluding ortho intramolecular Hbond substituents is 1. The third kappa shape index (κ3) is 1.60. The minimum Gasteiger partial charge on any atom is -0.505 e. The monoisotopic (exact) mass is 200 g/mol. The topological polar surface area (TPSA) is 84.6 Å². The van der Waals surface area contributed by atoms with E-state index in [0.717, 1.165) is 6.07 Å². The number of phenols is 1. The fourth-order valence-corrected chi connectivity index (χ4v) is 1.00. The van der Waals surface area contributed by atoms with Gasteiger partial charge >= 0.3 is 0 Å². The molecule has 0 aliphatic carbocycles. The van der Waals surface area contributed by atoms with Gasteiger partial charge in [-0.15, -0.1) is 0 Å². The number of nitrogen functional groups attached to an aromatic ring is 1. The molecule has 0 fully saturated rings. The molecular formula is C8H9FN2O3. The highest BCUT2D eigenvalue weighted by Gasteiger charge is 2.18. The molecule has 5 nitrogen and oxygen atoms in total. The Morgan fingerprint density at radius 2 is 2.29 bits per heavy atom. The summed E-state index contributed by atoms with van der Waals surface area (Å²) in [7, 11) is 1.19. The van der Waals surface area contributed by atoms with E-state index < -0.39 is 17.5 Å². The number of methoxy groups -OCH3 is 1. The van der Waals surface area contributed by atoms with E-state index in [1.807, 2.05) is 5.43 Å². The maximum atomic E-state index is 13.2. The highest BCUT2D eigenvalue weighted by atomic mass is 19.1. The van der Waals surface area contributed by atoms with Crippen molar-refractivity contribution in [1.29, 1.82) is 0 Å². The largest absolute Gasteiger partial charge is 0.505 e. The summed E-state index contributed by atoms with van der Waals surface area (Å²) in [5, 5.41) is 8.99. The molecule has 0 spiro atoms. The highest BCUT2D eigenvalue weighted by Crippen LogP contribution is 2.29. The molecule has 0 heterocycles. The second-order valence-electron chi connectivity index (χ2n) is 2.45. The van der Waals surface area contributed by atoms with Crippen LogP contribution in [-0.4, -0.2) is 18.1 Å². The van der Waals surface area contributed by atoms with Crippen molar-refractivity contribution >= 4 is 5.91 Å². The molecule has 76 valence electrons. The van der Waals surface area contributed by atoms with Crippen LogP contribution in [0.2, 0.25) is 0 Å². The summed E-state index contributed by atoms with van der Waals surface area (Å²) in [6.45, 7) is 0. The van der Waals surface area contributed by atoms with Gasteiger partial charge in [-0.1, -0.05) is 0 Å². The zero-order valence-corrected chi connectivity index (χ0v) is 7.37. The summed E-state index contributed by atoms with van der Waals surface area (Å²) in [5.74, 6) is 2.26. The zero-order chi connectivity index (χ0) is 10.7. The van der Waals surface area contributed by atoms with Crippen LogP contribution in [0.3, 0.4) is 0 Å². The van der Waals surface area contributed by atoms with Crippen molar-refractivity contribution in [2.24, 2.45) is 5.84 Å². The van der Waals surface area contributed by atoms with Crippen LogP contribution in [0.1, 0.15) is 10.4 Å². The summed E-state index contributed by atoms with van der Waals surface area (Å²) in [6, 6.07) is 2.25. The molecule has 0 unspecified atom stereocenters. The van der Waals surface area contributed by atoms with Crippen LogP contribution in [0.4, 0.5) is 4.39 Å². The predicted octanol–water partition coefficient (Wildman–Crippen LogP) is 0.143. The lowest BCUT2D eigenvalue weighted by atomic mass is 10.1. The van der Waals surface area contributed by atoms with Gasteiger partial charge in [-0.3, -0.25) is 10.2 Å². The number of hydrazine groups is 1. The molecule has 0 saturated carbocycles. The minimum absolute atomic E-state index is 0.0784. The van der Waals surface area contributed by atoms with Gasteiger partial charge in [-0.25, -0.2) is 5.84 Å². The SMILES string of the molecule is COc1c(C(=O)NN)ccc(O)c1F. The van der Waals surface area contributed by atoms with Gasteiger partial charge in [0, 0.05) is 0 Å². The quantitative estimate of drug-likeness (QED) is 0.360. The van der Waals surface area contributed by atoms with Crippen LogP contribution < -0.4 is 16.0 Å². The Kier molecular flexibility index (Phi) is 2.88. The molecule has 1 aromatic carbocycles. The molecule has 0 aliphatic rings. The van der Waals surface area contributed by atoms with Crippen LogP contribution in [0, 0.1) is 5.82 Å². The number of carbonyl (C=O) groups excluding carboxylic acids is 1. The van der Waals surface area contributed by atoms with Crippen LogP contribution >= 0.6 is 0 Å². The fourth-order valence-electron chi connectivity index (χ4n) is 1.00. The molecule has 4 N–H and O–H groups in total. The van der Waals surface area contributed by atoms with Gasteiger partial charge in [0.25, 0.3) is 5.91 Å². The number of hydrogen-bond acceptors (Lipinski definition) is 4. The number of rotatable bonds is 2. The number of benzene rings is 1. The van der Waals surface area contributed by atoms with Crippen LogP contribution in [-0.2, 0) is 0 Å². The summed E-state index contributed by atoms with van der Waals surface area (Å²) >= 11 is 0. The summed E-state index contributed by atoms with van der Waals surface area (Å²) < 4.78 is 17.8. The molecule has 1 aromatic rings. The molecule has 0 radical (unpaired) electrons. The summed E-state index contributed by atoms with van der Waals surface area (Å²) in [4.78, 5) is 11.1. The van der Waals surface area contributed by atoms with E-state index in [2.05, 4.69) is 4.74 Å². The Labute approximate surface area is 79.3 Å². The van der Waals surface area contributed by atoms with E-state index in [4.69, 9.17) is 10.9 Å². The molecule has 0 bridgehead atoms. The van der Waals surface area contributed by atoms with E-state index >= 15 is 0 Å². The van der Waals surface area contributed by atoms with Crippen molar-refractivity contribution in [3.05, 3.63) is 23.5 Å². The molecule has 1 rings (SSSR count). The molecule has 1 amide bonds. The fraction of sp³-hybridized carbons (Fsp3) is 0.125. The van der Waals surface area contributed by atoms with Crippen LogP contribution in [0.15, 0.2) is 12.1 Å². The molecule has 0 aromatic heterocycles. The average Bonchev–Trinajstić information content (AvgIpc) is 2.20. The van der Waals surface area contributed by atoms with Crippen molar-refractivity contribution in [3.8, 4) is 11.5 Å². The molecule has 0 atom stereocenters. The van der Waals surface area contributed by atoms with E-state index in [1.165, 1.54) is 13.2 Å². The standard InChI is InChI=1S/C8H9FN2O3/c1-14-7-4(8(13)11-10)2-3-5(12)6(7)9/h2-3,12H,10H2,1H3,(H,11,13). The number of amides is 1. The Balaban J connectivity index is 3.31. The number of carbonyl (C=O) groups is 1. The maximum absolute atomic E-state index is 13.2. The lowest BCUT2D eigenvalue weighted by Crippen LogP contribution is -2.30. The number of nitrogens with one attached hydrogen (secondary N) is 1. The smallest absolute Gasteiger partial charge is 0.269 e. The number of ether oxygens (including phenoxy) is 1. The second-order valence-corrected chi connectivity index (χ2v) is 2.45. The Morgan fingerprint density at radius 1 is 1.64 bits per heavy atom. The Hall–Kier alpha value is -1.82. The van der Waals surface area contributed by atoms with E-state index in [9.17, 15) is 9.18 Å². The van der Waals surface area contributed by atoms with Gasteiger partial charge in [0.15, 0.2) is 11.5 Å². The first-order chi connectivity index (χ1) is 6.61. The molecular weight excluding hydrogens is 191 g/mol. The highest BCUT2D eigenvalue weighted by molar-refractivity contribution is 5.96. The van der Waals surface area contributed by atoms with E-state index in [-0.39, 0.29) is 11.3 Å². The first kappa shape index (κ1) is 10.3. The minimum atomic E-state index is -0.992. The predicted molar refractivity (Wildman–Crippen MR) is 46.3 cm³/mol. The van der Waals surface area contributed by atoms with Gasteiger partial charge in [-0.2, -0.15) is 4.39 Å². The molecule has 14 heavy (non-hydrogen) atoms.